The third-order valence-corrected chi connectivity index (χ3v) is 3.08. The Bertz CT molecular complexity index is 475. The smallest absolute Gasteiger partial charge is 0.173 e. The molecule has 0 unspecified atom stereocenters. The zero-order valence-electron chi connectivity index (χ0n) is 10.6. The molecule has 0 aliphatic heterocycles. The molecule has 96 valence electrons. The maximum Gasteiger partial charge on any atom is 0.173 e. The van der Waals surface area contributed by atoms with Crippen LogP contribution in [0.25, 0.3) is 0 Å². The van der Waals surface area contributed by atoms with Crippen molar-refractivity contribution in [1.82, 2.24) is 0 Å². The number of hydrogen-bond acceptors (Lipinski definition) is 4. The Morgan fingerprint density at radius 2 is 1.94 bits per heavy atom. The minimum atomic E-state index is -0.189. The van der Waals surface area contributed by atoms with Crippen molar-refractivity contribution >= 4 is 11.6 Å². The second-order valence-corrected chi connectivity index (χ2v) is 4.41. The largest absolute Gasteiger partial charge is 0.497 e. The number of rotatable bonds is 6. The van der Waals surface area contributed by atoms with E-state index in [4.69, 9.17) is 9.47 Å². The van der Waals surface area contributed by atoms with E-state index >= 15 is 0 Å². The molecule has 1 aliphatic carbocycles. The van der Waals surface area contributed by atoms with Gasteiger partial charge in [0.2, 0.25) is 0 Å². The van der Waals surface area contributed by atoms with Gasteiger partial charge in [0, 0.05) is 12.0 Å². The van der Waals surface area contributed by atoms with Gasteiger partial charge >= 0.3 is 0 Å². The van der Waals surface area contributed by atoms with Crippen LogP contribution in [0, 0.1) is 5.92 Å². The topological polar surface area (TPSA) is 52.6 Å². The molecule has 0 saturated heterocycles. The zero-order valence-corrected chi connectivity index (χ0v) is 10.6. The van der Waals surface area contributed by atoms with Crippen molar-refractivity contribution in [3.63, 3.8) is 0 Å². The molecule has 0 N–H and O–H groups in total. The Morgan fingerprint density at radius 3 is 2.50 bits per heavy atom. The van der Waals surface area contributed by atoms with Crippen LogP contribution in [0.2, 0.25) is 0 Å². The van der Waals surface area contributed by atoms with Crippen LogP contribution in [0.3, 0.4) is 0 Å². The molecule has 0 spiro atoms. The van der Waals surface area contributed by atoms with Gasteiger partial charge in [-0.25, -0.2) is 0 Å². The summed E-state index contributed by atoms with van der Waals surface area (Å²) in [6, 6.07) is 4.98. The van der Waals surface area contributed by atoms with E-state index < -0.39 is 0 Å². The average Bonchev–Trinajstić information content (AvgIpc) is 3.22. The lowest BCUT2D eigenvalue weighted by Gasteiger charge is -2.09. The number of Topliss-reactive ketones (excluding diaryl/α,β-unsaturated/α-hetero) is 2. The van der Waals surface area contributed by atoms with Gasteiger partial charge in [-0.2, -0.15) is 0 Å². The van der Waals surface area contributed by atoms with E-state index in [1.54, 1.807) is 25.3 Å². The fourth-order valence-corrected chi connectivity index (χ4v) is 1.83. The second-order valence-electron chi connectivity index (χ2n) is 4.41. The van der Waals surface area contributed by atoms with Gasteiger partial charge in [0.1, 0.15) is 17.3 Å². The summed E-state index contributed by atoms with van der Waals surface area (Å²) in [7, 11) is 3.04. The van der Waals surface area contributed by atoms with Crippen molar-refractivity contribution in [3.8, 4) is 11.5 Å². The van der Waals surface area contributed by atoms with E-state index in [1.165, 1.54) is 7.11 Å². The van der Waals surface area contributed by atoms with Crippen LogP contribution in [-0.2, 0) is 4.79 Å². The summed E-state index contributed by atoms with van der Waals surface area (Å²) in [5.41, 5.74) is 0.437. The lowest BCUT2D eigenvalue weighted by atomic mass is 10.0. The van der Waals surface area contributed by atoms with E-state index in [9.17, 15) is 9.59 Å². The first-order valence-corrected chi connectivity index (χ1v) is 5.93. The Kier molecular flexibility index (Phi) is 3.65. The highest BCUT2D eigenvalue weighted by atomic mass is 16.5. The average molecular weight is 248 g/mol. The van der Waals surface area contributed by atoms with Gasteiger partial charge in [0.15, 0.2) is 5.78 Å². The van der Waals surface area contributed by atoms with Gasteiger partial charge in [-0.3, -0.25) is 9.59 Å². The molecule has 0 aromatic heterocycles. The van der Waals surface area contributed by atoms with Gasteiger partial charge in [-0.15, -0.1) is 0 Å². The molecule has 18 heavy (non-hydrogen) atoms. The molecule has 0 radical (unpaired) electrons. The third kappa shape index (κ3) is 2.70. The summed E-state index contributed by atoms with van der Waals surface area (Å²) >= 11 is 0. The standard InChI is InChI=1S/C14H16O4/c1-17-10-5-6-11(14(7-10)18-2)13(16)8-12(15)9-3-4-9/h5-7,9H,3-4,8H2,1-2H3. The number of benzene rings is 1. The Balaban J connectivity index is 2.15. The number of methoxy groups -OCH3 is 2. The van der Waals surface area contributed by atoms with E-state index in [0.29, 0.717) is 17.1 Å². The van der Waals surface area contributed by atoms with Gasteiger partial charge in [0.25, 0.3) is 0 Å². The molecule has 0 amide bonds. The van der Waals surface area contributed by atoms with E-state index in [-0.39, 0.29) is 23.9 Å². The molecule has 0 atom stereocenters. The van der Waals surface area contributed by atoms with Gasteiger partial charge < -0.3 is 9.47 Å². The first-order valence-electron chi connectivity index (χ1n) is 5.93. The monoisotopic (exact) mass is 248 g/mol. The van der Waals surface area contributed by atoms with Crippen LogP contribution >= 0.6 is 0 Å². The van der Waals surface area contributed by atoms with E-state index in [0.717, 1.165) is 12.8 Å². The molecule has 1 saturated carbocycles. The van der Waals surface area contributed by atoms with Crippen molar-refractivity contribution in [2.45, 2.75) is 19.3 Å². The fraction of sp³-hybridized carbons (Fsp3) is 0.429. The van der Waals surface area contributed by atoms with Crippen molar-refractivity contribution in [1.29, 1.82) is 0 Å². The molecule has 1 aromatic carbocycles. The number of hydrogen-bond donors (Lipinski definition) is 0. The zero-order chi connectivity index (χ0) is 13.1. The number of ether oxygens (including phenoxy) is 2. The highest BCUT2D eigenvalue weighted by molar-refractivity contribution is 6.10. The SMILES string of the molecule is COc1ccc(C(=O)CC(=O)C2CC2)c(OC)c1. The van der Waals surface area contributed by atoms with Crippen molar-refractivity contribution in [2.24, 2.45) is 5.92 Å². The van der Waals surface area contributed by atoms with Gasteiger partial charge in [0.05, 0.1) is 26.2 Å². The first kappa shape index (κ1) is 12.6. The highest BCUT2D eigenvalue weighted by Crippen LogP contribution is 2.32. The van der Waals surface area contributed by atoms with Crippen LogP contribution in [0.15, 0.2) is 18.2 Å². The Hall–Kier alpha value is -1.84. The quantitative estimate of drug-likeness (QED) is 0.572. The fourth-order valence-electron chi connectivity index (χ4n) is 1.83. The summed E-state index contributed by atoms with van der Waals surface area (Å²) in [6.07, 6.45) is 1.81. The predicted octanol–water partition coefficient (Wildman–Crippen LogP) is 2.26. The van der Waals surface area contributed by atoms with E-state index in [1.807, 2.05) is 0 Å². The maximum absolute atomic E-state index is 12.0. The minimum Gasteiger partial charge on any atom is -0.497 e. The summed E-state index contributed by atoms with van der Waals surface area (Å²) < 4.78 is 10.2. The number of carbonyl (C=O) groups excluding carboxylic acids is 2. The lowest BCUT2D eigenvalue weighted by molar-refractivity contribution is -0.119. The minimum absolute atomic E-state index is 0.0344. The van der Waals surface area contributed by atoms with Crippen molar-refractivity contribution < 1.29 is 19.1 Å². The van der Waals surface area contributed by atoms with Crippen molar-refractivity contribution in [2.75, 3.05) is 14.2 Å². The molecular formula is C14H16O4. The summed E-state index contributed by atoms with van der Waals surface area (Å²) in [5.74, 6) is 1.03. The van der Waals surface area contributed by atoms with Gasteiger partial charge in [-0.05, 0) is 25.0 Å². The van der Waals surface area contributed by atoms with Crippen molar-refractivity contribution in [3.05, 3.63) is 23.8 Å². The second kappa shape index (κ2) is 5.21. The number of ketones is 2. The molecular weight excluding hydrogens is 232 g/mol. The maximum atomic E-state index is 12.0. The first-order chi connectivity index (χ1) is 8.65. The van der Waals surface area contributed by atoms with E-state index in [2.05, 4.69) is 0 Å². The molecule has 0 bridgehead atoms. The summed E-state index contributed by atoms with van der Waals surface area (Å²) in [6.45, 7) is 0. The molecule has 1 aromatic rings. The molecule has 4 nitrogen and oxygen atoms in total. The summed E-state index contributed by atoms with van der Waals surface area (Å²) in [4.78, 5) is 23.7. The Labute approximate surface area is 106 Å². The van der Waals surface area contributed by atoms with Crippen LogP contribution in [0.1, 0.15) is 29.6 Å². The normalized spacial score (nSPS) is 14.1. The molecule has 0 heterocycles. The van der Waals surface area contributed by atoms with Crippen LogP contribution in [-0.4, -0.2) is 25.8 Å². The molecule has 1 fully saturated rings. The molecule has 2 rings (SSSR count). The van der Waals surface area contributed by atoms with Crippen LogP contribution in [0.4, 0.5) is 0 Å². The predicted molar refractivity (Wildman–Crippen MR) is 66.2 cm³/mol. The summed E-state index contributed by atoms with van der Waals surface area (Å²) in [5, 5.41) is 0. The molecule has 4 heteroatoms. The number of carbonyl (C=O) groups is 2. The third-order valence-electron chi connectivity index (χ3n) is 3.08. The Morgan fingerprint density at radius 1 is 1.22 bits per heavy atom. The van der Waals surface area contributed by atoms with Crippen LogP contribution in [0.5, 0.6) is 11.5 Å². The highest BCUT2D eigenvalue weighted by Gasteiger charge is 2.31. The van der Waals surface area contributed by atoms with Crippen LogP contribution < -0.4 is 9.47 Å². The molecule has 1 aliphatic rings. The lowest BCUT2D eigenvalue weighted by Crippen LogP contribution is -2.10. The van der Waals surface area contributed by atoms with Gasteiger partial charge in [-0.1, -0.05) is 0 Å².